The fourth-order valence-corrected chi connectivity index (χ4v) is 4.84. The molecule has 0 radical (unpaired) electrons. The number of ether oxygens (including phenoxy) is 1. The van der Waals surface area contributed by atoms with Crippen LogP contribution in [0.2, 0.25) is 0 Å². The normalized spacial score (nSPS) is 22.7. The summed E-state index contributed by atoms with van der Waals surface area (Å²) in [5, 5.41) is 0. The summed E-state index contributed by atoms with van der Waals surface area (Å²) in [5.41, 5.74) is 2.65. The van der Waals surface area contributed by atoms with Gasteiger partial charge in [-0.3, -0.25) is 9.69 Å². The van der Waals surface area contributed by atoms with E-state index in [1.54, 1.807) is 0 Å². The largest absolute Gasteiger partial charge is 0.462 e. The lowest BCUT2D eigenvalue weighted by atomic mass is 9.79. The maximum Gasteiger partial charge on any atom is 0.312 e. The summed E-state index contributed by atoms with van der Waals surface area (Å²) in [6, 6.07) is 8.84. The number of anilines is 1. The zero-order valence-electron chi connectivity index (χ0n) is 18.2. The van der Waals surface area contributed by atoms with Gasteiger partial charge in [-0.15, -0.1) is 0 Å². The number of rotatable bonds is 8. The number of benzene rings is 1. The number of carbonyl (C=O) groups is 1. The minimum atomic E-state index is -0.208. The van der Waals surface area contributed by atoms with E-state index in [1.807, 2.05) is 0 Å². The average Bonchev–Trinajstić information content (AvgIpc) is 3.04. The van der Waals surface area contributed by atoms with Crippen molar-refractivity contribution in [2.75, 3.05) is 37.6 Å². The third-order valence-corrected chi connectivity index (χ3v) is 6.95. The molecule has 0 aromatic heterocycles. The maximum atomic E-state index is 12.2. The fraction of sp³-hybridized carbons (Fsp3) is 0.708. The Hall–Kier alpha value is -1.55. The van der Waals surface area contributed by atoms with Gasteiger partial charge in [-0.25, -0.2) is 0 Å². The summed E-state index contributed by atoms with van der Waals surface area (Å²) < 4.78 is 5.69. The number of hydrogen-bond donors (Lipinski definition) is 0. The molecule has 0 N–H and O–H groups in total. The van der Waals surface area contributed by atoms with E-state index >= 15 is 0 Å². The Labute approximate surface area is 171 Å². The first-order valence-electron chi connectivity index (χ1n) is 11.3. The lowest BCUT2D eigenvalue weighted by Gasteiger charge is -2.37. The summed E-state index contributed by atoms with van der Waals surface area (Å²) in [4.78, 5) is 17.4. The molecule has 4 nitrogen and oxygen atoms in total. The molecule has 1 atom stereocenters. The number of esters is 1. The molecule has 0 saturated carbocycles. The molecular formula is C24H38N2O2. The molecule has 2 heterocycles. The minimum absolute atomic E-state index is 0.0416. The van der Waals surface area contributed by atoms with Gasteiger partial charge in [0.25, 0.3) is 0 Å². The van der Waals surface area contributed by atoms with E-state index in [9.17, 15) is 4.79 Å². The fourth-order valence-electron chi connectivity index (χ4n) is 4.84. The Bertz CT molecular complexity index is 646. The predicted octanol–water partition coefficient (Wildman–Crippen LogP) is 4.83. The second-order valence-electron chi connectivity index (χ2n) is 8.90. The van der Waals surface area contributed by atoms with Gasteiger partial charge < -0.3 is 9.64 Å². The monoisotopic (exact) mass is 386 g/mol. The van der Waals surface area contributed by atoms with Gasteiger partial charge in [0.1, 0.15) is 6.10 Å². The van der Waals surface area contributed by atoms with Gasteiger partial charge in [-0.1, -0.05) is 45.9 Å². The van der Waals surface area contributed by atoms with Gasteiger partial charge in [-0.05, 0) is 49.8 Å². The molecule has 156 valence electrons. The number of nitrogens with zero attached hydrogens (tertiary/aromatic N) is 2. The van der Waals surface area contributed by atoms with Crippen LogP contribution >= 0.6 is 0 Å². The number of piperazine rings is 1. The Balaban J connectivity index is 1.43. The Kier molecular flexibility index (Phi) is 7.03. The molecule has 0 spiro atoms. The van der Waals surface area contributed by atoms with Crippen LogP contribution in [0.1, 0.15) is 71.3 Å². The first kappa shape index (κ1) is 21.2. The van der Waals surface area contributed by atoms with Crippen LogP contribution in [-0.2, 0) is 9.53 Å². The topological polar surface area (TPSA) is 32.8 Å². The second kappa shape index (κ2) is 9.30. The van der Waals surface area contributed by atoms with Crippen molar-refractivity contribution < 1.29 is 9.53 Å². The van der Waals surface area contributed by atoms with E-state index in [0.717, 1.165) is 64.8 Å². The highest BCUT2D eigenvalue weighted by molar-refractivity contribution is 5.78. The van der Waals surface area contributed by atoms with Crippen molar-refractivity contribution in [3.63, 3.8) is 0 Å². The molecule has 0 bridgehead atoms. The van der Waals surface area contributed by atoms with Crippen molar-refractivity contribution >= 4 is 11.7 Å². The number of hydrogen-bond acceptors (Lipinski definition) is 4. The molecule has 1 aromatic rings. The summed E-state index contributed by atoms with van der Waals surface area (Å²) in [5.74, 6) is 0.599. The lowest BCUT2D eigenvalue weighted by Crippen LogP contribution is -2.47. The quantitative estimate of drug-likeness (QED) is 0.599. The second-order valence-corrected chi connectivity index (χ2v) is 8.90. The molecule has 4 heteroatoms. The lowest BCUT2D eigenvalue weighted by molar-refractivity contribution is -0.149. The van der Waals surface area contributed by atoms with E-state index in [1.165, 1.54) is 11.3 Å². The minimum Gasteiger partial charge on any atom is -0.462 e. The number of carbonyl (C=O) groups excluding carboxylic acids is 1. The molecule has 3 rings (SSSR count). The number of cyclic esters (lactones) is 1. The summed E-state index contributed by atoms with van der Waals surface area (Å²) >= 11 is 0. The smallest absolute Gasteiger partial charge is 0.312 e. The summed E-state index contributed by atoms with van der Waals surface area (Å²) in [6.07, 6.45) is 4.97. The zero-order chi connectivity index (χ0) is 20.1. The van der Waals surface area contributed by atoms with E-state index in [-0.39, 0.29) is 17.5 Å². The molecule has 0 aliphatic carbocycles. The molecule has 2 aliphatic rings. The van der Waals surface area contributed by atoms with Crippen LogP contribution in [0.15, 0.2) is 24.3 Å². The molecule has 2 saturated heterocycles. The highest BCUT2D eigenvalue weighted by Crippen LogP contribution is 2.41. The maximum absolute atomic E-state index is 12.2. The van der Waals surface area contributed by atoms with Gasteiger partial charge >= 0.3 is 5.97 Å². The van der Waals surface area contributed by atoms with E-state index in [2.05, 4.69) is 61.8 Å². The van der Waals surface area contributed by atoms with Gasteiger partial charge in [-0.2, -0.15) is 0 Å². The van der Waals surface area contributed by atoms with Crippen molar-refractivity contribution in [3.05, 3.63) is 29.8 Å². The van der Waals surface area contributed by atoms with Crippen LogP contribution in [0.25, 0.3) is 0 Å². The summed E-state index contributed by atoms with van der Waals surface area (Å²) in [7, 11) is 0. The van der Waals surface area contributed by atoms with E-state index in [4.69, 9.17) is 4.74 Å². The van der Waals surface area contributed by atoms with Gasteiger partial charge in [0.05, 0.1) is 5.41 Å². The molecule has 1 aromatic carbocycles. The van der Waals surface area contributed by atoms with Crippen LogP contribution in [-0.4, -0.2) is 49.7 Å². The Morgan fingerprint density at radius 2 is 1.79 bits per heavy atom. The molecule has 0 amide bonds. The van der Waals surface area contributed by atoms with Crippen molar-refractivity contribution in [3.8, 4) is 0 Å². The van der Waals surface area contributed by atoms with Crippen LogP contribution in [0.3, 0.4) is 0 Å². The van der Waals surface area contributed by atoms with Crippen molar-refractivity contribution in [1.82, 2.24) is 4.90 Å². The molecule has 2 fully saturated rings. The van der Waals surface area contributed by atoms with Gasteiger partial charge in [0.2, 0.25) is 0 Å². The van der Waals surface area contributed by atoms with E-state index < -0.39 is 0 Å². The molecule has 2 aliphatic heterocycles. The molecule has 0 unspecified atom stereocenters. The highest BCUT2D eigenvalue weighted by atomic mass is 16.6. The van der Waals surface area contributed by atoms with Crippen molar-refractivity contribution in [1.29, 1.82) is 0 Å². The first-order chi connectivity index (χ1) is 13.5. The summed E-state index contributed by atoms with van der Waals surface area (Å²) in [6.45, 7) is 14.3. The standard InChI is InChI=1S/C24H38N2O2/c1-5-24(6-2)18-20(28-23(24)27)10-9-13-25-14-16-26(17-15-25)22-12-8-7-11-21(22)19(3)4/h7-8,11-12,19-20H,5-6,9-10,13-18H2,1-4H3/t20-/m1/s1. The van der Waals surface area contributed by atoms with Crippen LogP contribution in [0.4, 0.5) is 5.69 Å². The van der Waals surface area contributed by atoms with Crippen molar-refractivity contribution in [2.24, 2.45) is 5.41 Å². The highest BCUT2D eigenvalue weighted by Gasteiger charge is 2.45. The number of para-hydroxylation sites is 1. The Morgan fingerprint density at radius 3 is 2.39 bits per heavy atom. The predicted molar refractivity (Wildman–Crippen MR) is 116 cm³/mol. The SMILES string of the molecule is CCC1(CC)C[C@@H](CCCN2CCN(c3ccccc3C(C)C)CC2)OC1=O. The van der Waals surface area contributed by atoms with Crippen LogP contribution in [0.5, 0.6) is 0 Å². The average molecular weight is 387 g/mol. The molecule has 28 heavy (non-hydrogen) atoms. The van der Waals surface area contributed by atoms with E-state index in [0.29, 0.717) is 5.92 Å². The van der Waals surface area contributed by atoms with Crippen molar-refractivity contribution in [2.45, 2.75) is 71.8 Å². The van der Waals surface area contributed by atoms with Gasteiger partial charge in [0, 0.05) is 38.3 Å². The first-order valence-corrected chi connectivity index (χ1v) is 11.3. The third kappa shape index (κ3) is 4.53. The van der Waals surface area contributed by atoms with Crippen LogP contribution in [0, 0.1) is 5.41 Å². The third-order valence-electron chi connectivity index (χ3n) is 6.95. The Morgan fingerprint density at radius 1 is 1.11 bits per heavy atom. The molecular weight excluding hydrogens is 348 g/mol. The van der Waals surface area contributed by atoms with Gasteiger partial charge in [0.15, 0.2) is 0 Å². The zero-order valence-corrected chi connectivity index (χ0v) is 18.2. The van der Waals surface area contributed by atoms with Crippen LogP contribution < -0.4 is 4.90 Å².